The lowest BCUT2D eigenvalue weighted by molar-refractivity contribution is -0.150. The van der Waals surface area contributed by atoms with Gasteiger partial charge in [-0.3, -0.25) is 4.79 Å². The van der Waals surface area contributed by atoms with E-state index in [1.807, 2.05) is 27.7 Å². The summed E-state index contributed by atoms with van der Waals surface area (Å²) in [5.41, 5.74) is -0.814. The third-order valence-corrected chi connectivity index (χ3v) is 3.95. The fraction of sp³-hybridized carbons (Fsp3) is 0.857. The van der Waals surface area contributed by atoms with Crippen molar-refractivity contribution in [2.45, 2.75) is 40.2 Å². The molecule has 1 saturated heterocycles. The molecule has 0 aliphatic carbocycles. The number of urea groups is 1. The molecule has 2 amide bonds. The quantitative estimate of drug-likeness (QED) is 0.726. The average Bonchev–Trinajstić information content (AvgIpc) is 2.80. The Bertz CT molecular complexity index is 357. The van der Waals surface area contributed by atoms with Gasteiger partial charge >= 0.3 is 12.0 Å². The summed E-state index contributed by atoms with van der Waals surface area (Å²) in [7, 11) is 0. The number of hydrogen-bond donors (Lipinski definition) is 2. The molecule has 0 bridgehead atoms. The SMILES string of the molecule is CC(C)OCCNC(=O)N1CCC(C(=O)O)(C(C)C)C1. The molecule has 1 aliphatic heterocycles. The van der Waals surface area contributed by atoms with E-state index in [0.29, 0.717) is 26.1 Å². The van der Waals surface area contributed by atoms with Crippen LogP contribution in [0.2, 0.25) is 0 Å². The molecule has 6 heteroatoms. The maximum atomic E-state index is 12.0. The van der Waals surface area contributed by atoms with Gasteiger partial charge in [0.2, 0.25) is 0 Å². The van der Waals surface area contributed by atoms with Gasteiger partial charge in [0.15, 0.2) is 0 Å². The van der Waals surface area contributed by atoms with Gasteiger partial charge in [-0.1, -0.05) is 13.8 Å². The monoisotopic (exact) mass is 286 g/mol. The summed E-state index contributed by atoms with van der Waals surface area (Å²) in [6.07, 6.45) is 0.648. The van der Waals surface area contributed by atoms with Crippen LogP contribution in [0.5, 0.6) is 0 Å². The number of carboxylic acid groups (broad SMARTS) is 1. The van der Waals surface area contributed by atoms with Gasteiger partial charge in [0.1, 0.15) is 0 Å². The van der Waals surface area contributed by atoms with Gasteiger partial charge in [-0.05, 0) is 26.2 Å². The normalized spacial score (nSPS) is 22.6. The van der Waals surface area contributed by atoms with Crippen LogP contribution < -0.4 is 5.32 Å². The lowest BCUT2D eigenvalue weighted by Gasteiger charge is -2.28. The molecule has 0 aromatic carbocycles. The zero-order chi connectivity index (χ0) is 15.3. The smallest absolute Gasteiger partial charge is 0.317 e. The van der Waals surface area contributed by atoms with Crippen molar-refractivity contribution >= 4 is 12.0 Å². The molecular weight excluding hydrogens is 260 g/mol. The summed E-state index contributed by atoms with van der Waals surface area (Å²) in [5.74, 6) is -0.812. The van der Waals surface area contributed by atoms with E-state index in [4.69, 9.17) is 4.74 Å². The lowest BCUT2D eigenvalue weighted by Crippen LogP contribution is -2.44. The maximum Gasteiger partial charge on any atom is 0.317 e. The summed E-state index contributed by atoms with van der Waals surface area (Å²) in [6, 6.07) is -0.207. The number of rotatable bonds is 6. The first-order valence-electron chi connectivity index (χ1n) is 7.17. The van der Waals surface area contributed by atoms with Crippen LogP contribution in [0, 0.1) is 11.3 Å². The van der Waals surface area contributed by atoms with E-state index in [1.165, 1.54) is 0 Å². The van der Waals surface area contributed by atoms with E-state index in [2.05, 4.69) is 5.32 Å². The number of ether oxygens (including phenoxy) is 1. The molecule has 1 fully saturated rings. The zero-order valence-electron chi connectivity index (χ0n) is 12.8. The van der Waals surface area contributed by atoms with Gasteiger partial charge in [-0.25, -0.2) is 4.79 Å². The van der Waals surface area contributed by atoms with Crippen LogP contribution in [-0.2, 0) is 9.53 Å². The van der Waals surface area contributed by atoms with Crippen LogP contribution in [0.4, 0.5) is 4.79 Å². The highest BCUT2D eigenvalue weighted by atomic mass is 16.5. The molecule has 0 aromatic rings. The molecule has 0 spiro atoms. The van der Waals surface area contributed by atoms with E-state index < -0.39 is 11.4 Å². The van der Waals surface area contributed by atoms with E-state index in [9.17, 15) is 14.7 Å². The molecule has 1 unspecified atom stereocenters. The number of aliphatic carboxylic acids is 1. The molecule has 0 aromatic heterocycles. The molecule has 0 saturated carbocycles. The van der Waals surface area contributed by atoms with Gasteiger partial charge in [-0.15, -0.1) is 0 Å². The van der Waals surface area contributed by atoms with Crippen molar-refractivity contribution in [3.05, 3.63) is 0 Å². The summed E-state index contributed by atoms with van der Waals surface area (Å²) < 4.78 is 5.34. The van der Waals surface area contributed by atoms with Gasteiger partial charge in [0.25, 0.3) is 0 Å². The predicted molar refractivity (Wildman–Crippen MR) is 75.6 cm³/mol. The highest BCUT2D eigenvalue weighted by Crippen LogP contribution is 2.38. The predicted octanol–water partition coefficient (Wildman–Crippen LogP) is 1.55. The topological polar surface area (TPSA) is 78.9 Å². The summed E-state index contributed by atoms with van der Waals surface area (Å²) >= 11 is 0. The Labute approximate surface area is 120 Å². The number of carbonyl (C=O) groups excluding carboxylic acids is 1. The minimum Gasteiger partial charge on any atom is -0.481 e. The minimum atomic E-state index is -0.814. The molecule has 1 rings (SSSR count). The van der Waals surface area contributed by atoms with Crippen molar-refractivity contribution in [2.75, 3.05) is 26.2 Å². The third kappa shape index (κ3) is 3.85. The Hall–Kier alpha value is -1.30. The van der Waals surface area contributed by atoms with Crippen molar-refractivity contribution < 1.29 is 19.4 Å². The first kappa shape index (κ1) is 16.8. The largest absolute Gasteiger partial charge is 0.481 e. The molecule has 6 nitrogen and oxygen atoms in total. The molecule has 20 heavy (non-hydrogen) atoms. The van der Waals surface area contributed by atoms with Crippen LogP contribution in [0.25, 0.3) is 0 Å². The molecule has 0 radical (unpaired) electrons. The average molecular weight is 286 g/mol. The summed E-state index contributed by atoms with van der Waals surface area (Å²) in [6.45, 7) is 9.33. The van der Waals surface area contributed by atoms with Crippen molar-refractivity contribution in [3.63, 3.8) is 0 Å². The number of nitrogens with zero attached hydrogens (tertiary/aromatic N) is 1. The van der Waals surface area contributed by atoms with Crippen LogP contribution in [0.15, 0.2) is 0 Å². The van der Waals surface area contributed by atoms with Crippen LogP contribution >= 0.6 is 0 Å². The number of likely N-dealkylation sites (tertiary alicyclic amines) is 1. The number of carbonyl (C=O) groups is 2. The fourth-order valence-corrected chi connectivity index (χ4v) is 2.46. The first-order chi connectivity index (χ1) is 9.29. The van der Waals surface area contributed by atoms with E-state index in [-0.39, 0.29) is 24.6 Å². The maximum absolute atomic E-state index is 12.0. The van der Waals surface area contributed by atoms with Gasteiger partial charge in [-0.2, -0.15) is 0 Å². The van der Waals surface area contributed by atoms with Gasteiger partial charge in [0, 0.05) is 19.6 Å². The number of carboxylic acids is 1. The van der Waals surface area contributed by atoms with Crippen LogP contribution in [-0.4, -0.2) is 54.4 Å². The third-order valence-electron chi connectivity index (χ3n) is 3.95. The second-order valence-corrected chi connectivity index (χ2v) is 5.94. The highest BCUT2D eigenvalue weighted by Gasteiger charge is 2.48. The van der Waals surface area contributed by atoms with Crippen molar-refractivity contribution in [3.8, 4) is 0 Å². The summed E-state index contributed by atoms with van der Waals surface area (Å²) in [4.78, 5) is 25.1. The Morgan fingerprint density at radius 2 is 2.00 bits per heavy atom. The van der Waals surface area contributed by atoms with E-state index in [1.54, 1.807) is 4.90 Å². The Morgan fingerprint density at radius 1 is 1.35 bits per heavy atom. The Morgan fingerprint density at radius 3 is 2.45 bits per heavy atom. The van der Waals surface area contributed by atoms with Crippen molar-refractivity contribution in [2.24, 2.45) is 11.3 Å². The lowest BCUT2D eigenvalue weighted by atomic mass is 9.76. The minimum absolute atomic E-state index is 0.00192. The zero-order valence-corrected chi connectivity index (χ0v) is 12.8. The number of amides is 2. The second kappa shape index (κ2) is 6.92. The first-order valence-corrected chi connectivity index (χ1v) is 7.17. The molecule has 1 atom stereocenters. The number of hydrogen-bond acceptors (Lipinski definition) is 3. The molecule has 2 N–H and O–H groups in total. The van der Waals surface area contributed by atoms with Crippen molar-refractivity contribution in [1.82, 2.24) is 10.2 Å². The molecular formula is C14H26N2O4. The second-order valence-electron chi connectivity index (χ2n) is 5.94. The molecule has 1 aliphatic rings. The Kier molecular flexibility index (Phi) is 5.80. The fourth-order valence-electron chi connectivity index (χ4n) is 2.46. The number of nitrogens with one attached hydrogen (secondary N) is 1. The Balaban J connectivity index is 2.46. The summed E-state index contributed by atoms with van der Waals surface area (Å²) in [5, 5.41) is 12.2. The molecule has 116 valence electrons. The highest BCUT2D eigenvalue weighted by molar-refractivity contribution is 5.80. The van der Waals surface area contributed by atoms with E-state index in [0.717, 1.165) is 0 Å². The van der Waals surface area contributed by atoms with Crippen LogP contribution in [0.1, 0.15) is 34.1 Å². The standard InChI is InChI=1S/C14H26N2O4/c1-10(2)14(12(17)18)5-7-16(9-14)13(19)15-6-8-20-11(3)4/h10-11H,5-9H2,1-4H3,(H,15,19)(H,17,18). The van der Waals surface area contributed by atoms with Gasteiger partial charge < -0.3 is 20.1 Å². The van der Waals surface area contributed by atoms with E-state index >= 15 is 0 Å². The van der Waals surface area contributed by atoms with Gasteiger partial charge in [0.05, 0.1) is 18.1 Å². The van der Waals surface area contributed by atoms with Crippen LogP contribution in [0.3, 0.4) is 0 Å². The molecule has 1 heterocycles. The van der Waals surface area contributed by atoms with Crippen molar-refractivity contribution in [1.29, 1.82) is 0 Å².